The molecule has 2 aromatic rings. The Morgan fingerprint density at radius 1 is 1.38 bits per heavy atom. The maximum absolute atomic E-state index is 10.5. The normalized spacial score (nSPS) is 10.8. The van der Waals surface area contributed by atoms with Gasteiger partial charge in [0.15, 0.2) is 0 Å². The lowest BCUT2D eigenvalue weighted by molar-refractivity contribution is -0.137. The summed E-state index contributed by atoms with van der Waals surface area (Å²) in [4.78, 5) is 10.5. The molecule has 0 amide bonds. The predicted molar refractivity (Wildman–Crippen MR) is 83.6 cm³/mol. The van der Waals surface area contributed by atoms with Crippen LogP contribution >= 0.6 is 15.9 Å². The molecule has 1 aromatic heterocycles. The first-order valence-corrected chi connectivity index (χ1v) is 7.81. The van der Waals surface area contributed by atoms with Crippen molar-refractivity contribution in [1.29, 1.82) is 0 Å². The minimum Gasteiger partial charge on any atom is -0.481 e. The highest BCUT2D eigenvalue weighted by atomic mass is 79.9. The number of nitrogens with zero attached hydrogens (tertiary/aromatic N) is 3. The Kier molecular flexibility index (Phi) is 5.50. The Morgan fingerprint density at radius 3 is 2.90 bits per heavy atom. The second kappa shape index (κ2) is 7.36. The molecule has 0 saturated carbocycles. The van der Waals surface area contributed by atoms with Gasteiger partial charge in [0.2, 0.25) is 0 Å². The molecule has 0 aliphatic rings. The number of unbranched alkanes of at least 4 members (excludes halogenated alkanes) is 1. The molecule has 0 bridgehead atoms. The van der Waals surface area contributed by atoms with Crippen molar-refractivity contribution in [2.45, 2.75) is 39.0 Å². The highest BCUT2D eigenvalue weighted by Gasteiger charge is 2.07. The van der Waals surface area contributed by atoms with E-state index in [9.17, 15) is 4.79 Å². The van der Waals surface area contributed by atoms with E-state index in [4.69, 9.17) is 5.11 Å². The van der Waals surface area contributed by atoms with Gasteiger partial charge in [0.05, 0.1) is 17.6 Å². The summed E-state index contributed by atoms with van der Waals surface area (Å²) >= 11 is 3.48. The number of hydrogen-bond donors (Lipinski definition) is 1. The summed E-state index contributed by atoms with van der Waals surface area (Å²) in [6, 6.07) is 6.10. The molecule has 1 N–H and O–H groups in total. The zero-order valence-electron chi connectivity index (χ0n) is 11.9. The lowest BCUT2D eigenvalue weighted by atomic mass is 10.1. The van der Waals surface area contributed by atoms with Crippen LogP contribution in [0.15, 0.2) is 28.9 Å². The van der Waals surface area contributed by atoms with Gasteiger partial charge < -0.3 is 5.11 Å². The number of aromatic nitrogens is 3. The number of hydrogen-bond acceptors (Lipinski definition) is 3. The zero-order valence-corrected chi connectivity index (χ0v) is 13.5. The van der Waals surface area contributed by atoms with E-state index in [0.717, 1.165) is 35.1 Å². The SMILES string of the molecule is CCc1cc(Br)ccc1-n1cc(CCCCC(=O)O)nn1. The molecule has 5 nitrogen and oxygen atoms in total. The van der Waals surface area contributed by atoms with E-state index >= 15 is 0 Å². The third-order valence-corrected chi connectivity index (χ3v) is 3.78. The Labute approximate surface area is 132 Å². The first-order valence-electron chi connectivity index (χ1n) is 7.02. The Balaban J connectivity index is 2.04. The van der Waals surface area contributed by atoms with Crippen LogP contribution in [0.4, 0.5) is 0 Å². The Bertz CT molecular complexity index is 625. The molecule has 0 saturated heterocycles. The first kappa shape index (κ1) is 15.7. The molecule has 0 atom stereocenters. The van der Waals surface area contributed by atoms with Gasteiger partial charge in [-0.15, -0.1) is 5.10 Å². The van der Waals surface area contributed by atoms with Crippen LogP contribution < -0.4 is 0 Å². The number of benzene rings is 1. The highest BCUT2D eigenvalue weighted by molar-refractivity contribution is 9.10. The van der Waals surface area contributed by atoms with Crippen LogP contribution in [0, 0.1) is 0 Å². The zero-order chi connectivity index (χ0) is 15.2. The molecular formula is C15H18BrN3O2. The average molecular weight is 352 g/mol. The number of carbonyl (C=O) groups is 1. The molecule has 6 heteroatoms. The fourth-order valence-corrected chi connectivity index (χ4v) is 2.58. The van der Waals surface area contributed by atoms with Crippen LogP contribution in [0.2, 0.25) is 0 Å². The molecule has 112 valence electrons. The molecule has 1 heterocycles. The van der Waals surface area contributed by atoms with Crippen LogP contribution in [0.5, 0.6) is 0 Å². The van der Waals surface area contributed by atoms with Crippen molar-refractivity contribution < 1.29 is 9.90 Å². The van der Waals surface area contributed by atoms with E-state index in [1.807, 2.05) is 18.3 Å². The molecule has 0 aliphatic carbocycles. The molecule has 0 radical (unpaired) electrons. The number of aliphatic carboxylic acids is 1. The van der Waals surface area contributed by atoms with Gasteiger partial charge in [0.25, 0.3) is 0 Å². The summed E-state index contributed by atoms with van der Waals surface area (Å²) in [5.74, 6) is -0.749. The Hall–Kier alpha value is -1.69. The molecule has 0 spiro atoms. The summed E-state index contributed by atoms with van der Waals surface area (Å²) in [5.41, 5.74) is 3.13. The van der Waals surface area contributed by atoms with E-state index in [0.29, 0.717) is 6.42 Å². The number of carboxylic acids is 1. The largest absolute Gasteiger partial charge is 0.481 e. The van der Waals surface area contributed by atoms with Crippen LogP contribution in [-0.4, -0.2) is 26.1 Å². The van der Waals surface area contributed by atoms with E-state index in [1.54, 1.807) is 4.68 Å². The lowest BCUT2D eigenvalue weighted by Crippen LogP contribution is -1.99. The van der Waals surface area contributed by atoms with Gasteiger partial charge >= 0.3 is 5.97 Å². The summed E-state index contributed by atoms with van der Waals surface area (Å²) < 4.78 is 2.84. The van der Waals surface area contributed by atoms with Crippen molar-refractivity contribution in [3.8, 4) is 5.69 Å². The van der Waals surface area contributed by atoms with Crippen molar-refractivity contribution in [2.24, 2.45) is 0 Å². The number of aryl methyl sites for hydroxylation is 2. The summed E-state index contributed by atoms with van der Waals surface area (Å²) in [7, 11) is 0. The maximum atomic E-state index is 10.5. The van der Waals surface area contributed by atoms with E-state index in [2.05, 4.69) is 39.2 Å². The quantitative estimate of drug-likeness (QED) is 0.776. The fourth-order valence-electron chi connectivity index (χ4n) is 2.17. The number of carboxylic acid groups (broad SMARTS) is 1. The molecule has 21 heavy (non-hydrogen) atoms. The summed E-state index contributed by atoms with van der Waals surface area (Å²) in [6.07, 6.45) is 5.28. The van der Waals surface area contributed by atoms with Crippen molar-refractivity contribution >= 4 is 21.9 Å². The topological polar surface area (TPSA) is 68.0 Å². The van der Waals surface area contributed by atoms with E-state index in [1.165, 1.54) is 5.56 Å². The Morgan fingerprint density at radius 2 is 2.19 bits per heavy atom. The monoisotopic (exact) mass is 351 g/mol. The number of halogens is 1. The fraction of sp³-hybridized carbons (Fsp3) is 0.400. The smallest absolute Gasteiger partial charge is 0.303 e. The van der Waals surface area contributed by atoms with Gasteiger partial charge in [-0.1, -0.05) is 28.1 Å². The first-order chi connectivity index (χ1) is 10.1. The maximum Gasteiger partial charge on any atom is 0.303 e. The summed E-state index contributed by atoms with van der Waals surface area (Å²) in [5, 5.41) is 16.9. The average Bonchev–Trinajstić information content (AvgIpc) is 2.92. The van der Waals surface area contributed by atoms with E-state index < -0.39 is 5.97 Å². The van der Waals surface area contributed by atoms with Crippen molar-refractivity contribution in [3.05, 3.63) is 40.1 Å². The van der Waals surface area contributed by atoms with Crippen LogP contribution in [0.25, 0.3) is 5.69 Å². The van der Waals surface area contributed by atoms with Crippen molar-refractivity contribution in [3.63, 3.8) is 0 Å². The second-order valence-corrected chi connectivity index (χ2v) is 5.80. The minimum absolute atomic E-state index is 0.209. The van der Waals surface area contributed by atoms with Crippen LogP contribution in [0.1, 0.15) is 37.4 Å². The summed E-state index contributed by atoms with van der Waals surface area (Å²) in [6.45, 7) is 2.11. The minimum atomic E-state index is -0.749. The second-order valence-electron chi connectivity index (χ2n) is 4.88. The molecule has 0 aliphatic heterocycles. The van der Waals surface area contributed by atoms with Crippen molar-refractivity contribution in [1.82, 2.24) is 15.0 Å². The van der Waals surface area contributed by atoms with Crippen LogP contribution in [-0.2, 0) is 17.6 Å². The van der Waals surface area contributed by atoms with Gasteiger partial charge in [-0.2, -0.15) is 0 Å². The van der Waals surface area contributed by atoms with Crippen molar-refractivity contribution in [2.75, 3.05) is 0 Å². The third-order valence-electron chi connectivity index (χ3n) is 3.28. The molecule has 1 aromatic carbocycles. The standard InChI is InChI=1S/C15H18BrN3O2/c1-2-11-9-12(16)7-8-14(11)19-10-13(17-18-19)5-3-4-6-15(20)21/h7-10H,2-6H2,1H3,(H,20,21). The third kappa shape index (κ3) is 4.39. The highest BCUT2D eigenvalue weighted by Crippen LogP contribution is 2.20. The molecule has 0 fully saturated rings. The molecular weight excluding hydrogens is 334 g/mol. The van der Waals surface area contributed by atoms with Crippen LogP contribution in [0.3, 0.4) is 0 Å². The predicted octanol–water partition coefficient (Wildman–Crippen LogP) is 3.39. The number of rotatable bonds is 7. The van der Waals surface area contributed by atoms with Gasteiger partial charge in [0.1, 0.15) is 0 Å². The van der Waals surface area contributed by atoms with Gasteiger partial charge in [-0.25, -0.2) is 4.68 Å². The van der Waals surface area contributed by atoms with Gasteiger partial charge in [-0.05, 0) is 49.4 Å². The van der Waals surface area contributed by atoms with E-state index in [-0.39, 0.29) is 6.42 Å². The molecule has 2 rings (SSSR count). The van der Waals surface area contributed by atoms with Gasteiger partial charge in [-0.3, -0.25) is 4.79 Å². The van der Waals surface area contributed by atoms with Gasteiger partial charge in [0, 0.05) is 10.9 Å². The molecule has 0 unspecified atom stereocenters. The lowest BCUT2D eigenvalue weighted by Gasteiger charge is -2.07.